The third-order valence-electron chi connectivity index (χ3n) is 5.83. The summed E-state index contributed by atoms with van der Waals surface area (Å²) in [6, 6.07) is 21.6. The first-order valence-corrected chi connectivity index (χ1v) is 11.5. The molecule has 2 N–H and O–H groups in total. The predicted molar refractivity (Wildman–Crippen MR) is 124 cm³/mol. The summed E-state index contributed by atoms with van der Waals surface area (Å²) in [6.45, 7) is 1.79. The third-order valence-corrected chi connectivity index (χ3v) is 6.52. The number of hydrogen-bond donors (Lipinski definition) is 2. The number of urea groups is 1. The van der Waals surface area contributed by atoms with Crippen molar-refractivity contribution in [2.75, 3.05) is 13.1 Å². The van der Waals surface area contributed by atoms with Crippen molar-refractivity contribution in [1.82, 2.24) is 15.5 Å². The molecule has 0 radical (unpaired) electrons. The molecule has 32 heavy (non-hydrogen) atoms. The third kappa shape index (κ3) is 4.43. The Labute approximate surface area is 191 Å². The van der Waals surface area contributed by atoms with Gasteiger partial charge in [-0.3, -0.25) is 14.5 Å². The minimum Gasteiger partial charge on any atom is -0.355 e. The van der Waals surface area contributed by atoms with E-state index in [1.54, 1.807) is 13.0 Å². The van der Waals surface area contributed by atoms with Gasteiger partial charge in [-0.1, -0.05) is 60.7 Å². The number of imide groups is 1. The Bertz CT molecular complexity index is 1050. The summed E-state index contributed by atoms with van der Waals surface area (Å²) in [5.41, 5.74) is 1.93. The maximum absolute atomic E-state index is 12.9. The molecule has 164 valence electrons. The van der Waals surface area contributed by atoms with Crippen molar-refractivity contribution in [2.24, 2.45) is 0 Å². The molecule has 3 aromatic rings. The highest BCUT2D eigenvalue weighted by molar-refractivity contribution is 7.08. The molecule has 7 heteroatoms. The standard InChI is InChI=1S/C25H25N3O3S/c1-25(20-13-15-32-17-20)23(30)28(24(31)27-25)16-22(29)26-14-12-21(18-8-4-2-5-9-18)19-10-6-3-7-11-19/h2-11,13,15,17,21H,12,14,16H2,1H3,(H,26,29)(H,27,31). The minimum absolute atomic E-state index is 0.135. The molecular weight excluding hydrogens is 422 g/mol. The number of nitrogens with zero attached hydrogens (tertiary/aromatic N) is 1. The molecule has 4 amide bonds. The molecule has 1 unspecified atom stereocenters. The van der Waals surface area contributed by atoms with Crippen LogP contribution in [0.3, 0.4) is 0 Å². The van der Waals surface area contributed by atoms with Crippen LogP contribution in [-0.2, 0) is 15.1 Å². The van der Waals surface area contributed by atoms with E-state index in [9.17, 15) is 14.4 Å². The molecule has 1 aromatic heterocycles. The minimum atomic E-state index is -1.14. The Hall–Kier alpha value is -3.45. The van der Waals surface area contributed by atoms with Crippen molar-refractivity contribution in [3.63, 3.8) is 0 Å². The molecule has 0 saturated carbocycles. The van der Waals surface area contributed by atoms with Crippen molar-refractivity contribution < 1.29 is 14.4 Å². The van der Waals surface area contributed by atoms with Gasteiger partial charge in [-0.25, -0.2) is 4.79 Å². The molecule has 1 atom stereocenters. The fraction of sp³-hybridized carbons (Fsp3) is 0.240. The van der Waals surface area contributed by atoms with Gasteiger partial charge in [0, 0.05) is 12.5 Å². The van der Waals surface area contributed by atoms with Gasteiger partial charge in [-0.15, -0.1) is 0 Å². The van der Waals surface area contributed by atoms with Crippen molar-refractivity contribution in [1.29, 1.82) is 0 Å². The summed E-state index contributed by atoms with van der Waals surface area (Å²) in [7, 11) is 0. The Balaban J connectivity index is 1.37. The highest BCUT2D eigenvalue weighted by atomic mass is 32.1. The molecule has 2 aromatic carbocycles. The summed E-state index contributed by atoms with van der Waals surface area (Å²) >= 11 is 1.45. The van der Waals surface area contributed by atoms with Crippen LogP contribution in [0.15, 0.2) is 77.5 Å². The smallest absolute Gasteiger partial charge is 0.325 e. The number of rotatable bonds is 8. The van der Waals surface area contributed by atoms with Crippen LogP contribution in [0.2, 0.25) is 0 Å². The zero-order chi connectivity index (χ0) is 22.6. The number of hydrogen-bond acceptors (Lipinski definition) is 4. The molecule has 2 heterocycles. The summed E-state index contributed by atoms with van der Waals surface area (Å²) < 4.78 is 0. The molecule has 0 aliphatic carbocycles. The zero-order valence-corrected chi connectivity index (χ0v) is 18.6. The van der Waals surface area contributed by atoms with E-state index in [2.05, 4.69) is 34.9 Å². The fourth-order valence-electron chi connectivity index (χ4n) is 4.04. The highest BCUT2D eigenvalue weighted by Crippen LogP contribution is 2.30. The molecule has 0 spiro atoms. The predicted octanol–water partition coefficient (Wildman–Crippen LogP) is 3.85. The second-order valence-electron chi connectivity index (χ2n) is 7.97. The Kier molecular flexibility index (Phi) is 6.37. The Morgan fingerprint density at radius 2 is 1.66 bits per heavy atom. The summed E-state index contributed by atoms with van der Waals surface area (Å²) in [5, 5.41) is 9.27. The normalized spacial score (nSPS) is 18.1. The van der Waals surface area contributed by atoms with Crippen molar-refractivity contribution >= 4 is 29.2 Å². The average molecular weight is 448 g/mol. The lowest BCUT2D eigenvalue weighted by molar-refractivity contribution is -0.134. The number of amides is 4. The summed E-state index contributed by atoms with van der Waals surface area (Å²) in [5.74, 6) is -0.637. The first-order chi connectivity index (χ1) is 15.5. The van der Waals surface area contributed by atoms with E-state index in [-0.39, 0.29) is 18.4 Å². The van der Waals surface area contributed by atoms with E-state index in [1.165, 1.54) is 22.5 Å². The lowest BCUT2D eigenvalue weighted by Gasteiger charge is -2.21. The molecule has 0 bridgehead atoms. The van der Waals surface area contributed by atoms with E-state index in [1.807, 2.05) is 47.2 Å². The van der Waals surface area contributed by atoms with Crippen LogP contribution in [0.4, 0.5) is 4.79 Å². The molecule has 1 aliphatic heterocycles. The first-order valence-electron chi connectivity index (χ1n) is 10.5. The molecule has 1 saturated heterocycles. The average Bonchev–Trinajstić information content (AvgIpc) is 3.43. The second kappa shape index (κ2) is 9.36. The number of carbonyl (C=O) groups excluding carboxylic acids is 3. The van der Waals surface area contributed by atoms with Crippen LogP contribution < -0.4 is 10.6 Å². The highest BCUT2D eigenvalue weighted by Gasteiger charge is 2.49. The second-order valence-corrected chi connectivity index (χ2v) is 8.75. The largest absolute Gasteiger partial charge is 0.355 e. The van der Waals surface area contributed by atoms with Gasteiger partial charge in [-0.2, -0.15) is 11.3 Å². The first kappa shape index (κ1) is 21.8. The van der Waals surface area contributed by atoms with Gasteiger partial charge in [-0.05, 0) is 46.9 Å². The topological polar surface area (TPSA) is 78.5 Å². The fourth-order valence-corrected chi connectivity index (χ4v) is 4.80. The molecule has 6 nitrogen and oxygen atoms in total. The molecule has 4 rings (SSSR count). The van der Waals surface area contributed by atoms with Gasteiger partial charge >= 0.3 is 6.03 Å². The maximum atomic E-state index is 12.9. The number of nitrogens with one attached hydrogen (secondary N) is 2. The van der Waals surface area contributed by atoms with E-state index in [0.29, 0.717) is 13.0 Å². The van der Waals surface area contributed by atoms with Gasteiger partial charge in [0.25, 0.3) is 5.91 Å². The van der Waals surface area contributed by atoms with Crippen molar-refractivity contribution in [3.05, 3.63) is 94.2 Å². The van der Waals surface area contributed by atoms with Gasteiger partial charge in [0.15, 0.2) is 0 Å². The Morgan fingerprint density at radius 1 is 1.03 bits per heavy atom. The van der Waals surface area contributed by atoms with Crippen molar-refractivity contribution in [3.8, 4) is 0 Å². The number of carbonyl (C=O) groups is 3. The van der Waals surface area contributed by atoms with Crippen LogP contribution in [0.5, 0.6) is 0 Å². The van der Waals surface area contributed by atoms with Gasteiger partial charge in [0.05, 0.1) is 0 Å². The summed E-state index contributed by atoms with van der Waals surface area (Å²) in [6.07, 6.45) is 0.701. The Morgan fingerprint density at radius 3 is 2.22 bits per heavy atom. The molecule has 1 fully saturated rings. The van der Waals surface area contributed by atoms with Gasteiger partial charge in [0.2, 0.25) is 5.91 Å². The molecule has 1 aliphatic rings. The summed E-state index contributed by atoms with van der Waals surface area (Å²) in [4.78, 5) is 38.8. The van der Waals surface area contributed by atoms with E-state index >= 15 is 0 Å². The lowest BCUT2D eigenvalue weighted by atomic mass is 9.88. The monoisotopic (exact) mass is 447 g/mol. The van der Waals surface area contributed by atoms with Gasteiger partial charge in [0.1, 0.15) is 12.1 Å². The molecular formula is C25H25N3O3S. The van der Waals surface area contributed by atoms with Crippen molar-refractivity contribution in [2.45, 2.75) is 24.8 Å². The maximum Gasteiger partial charge on any atom is 0.325 e. The quantitative estimate of drug-likeness (QED) is 0.515. The van der Waals surface area contributed by atoms with Crippen LogP contribution >= 0.6 is 11.3 Å². The number of thiophene rings is 1. The zero-order valence-electron chi connectivity index (χ0n) is 17.8. The SMILES string of the molecule is CC1(c2ccsc2)NC(=O)N(CC(=O)NCCC(c2ccccc2)c2ccccc2)C1=O. The van der Waals surface area contributed by atoms with E-state index in [0.717, 1.165) is 10.5 Å². The lowest BCUT2D eigenvalue weighted by Crippen LogP contribution is -2.43. The van der Waals surface area contributed by atoms with Crippen LogP contribution in [-0.4, -0.2) is 35.8 Å². The van der Waals surface area contributed by atoms with E-state index < -0.39 is 17.5 Å². The van der Waals surface area contributed by atoms with E-state index in [4.69, 9.17) is 0 Å². The van der Waals surface area contributed by atoms with Crippen LogP contribution in [0.25, 0.3) is 0 Å². The van der Waals surface area contributed by atoms with Crippen LogP contribution in [0.1, 0.15) is 36.0 Å². The van der Waals surface area contributed by atoms with Gasteiger partial charge < -0.3 is 10.6 Å². The number of benzene rings is 2. The van der Waals surface area contributed by atoms with Crippen LogP contribution in [0, 0.1) is 0 Å².